The number of halogens is 1. The lowest BCUT2D eigenvalue weighted by molar-refractivity contribution is -0.113. The van der Waals surface area contributed by atoms with Crippen LogP contribution in [0.3, 0.4) is 0 Å². The van der Waals surface area contributed by atoms with Gasteiger partial charge in [-0.3, -0.25) is 4.79 Å². The Hall–Kier alpha value is -2.00. The van der Waals surface area contributed by atoms with E-state index < -0.39 is 0 Å². The van der Waals surface area contributed by atoms with Crippen LogP contribution in [0.2, 0.25) is 0 Å². The van der Waals surface area contributed by atoms with Gasteiger partial charge in [0, 0.05) is 0 Å². The molecule has 0 aliphatic carbocycles. The van der Waals surface area contributed by atoms with Crippen molar-refractivity contribution in [3.05, 3.63) is 59.7 Å². The molecule has 3 rings (SSSR count). The van der Waals surface area contributed by atoms with Gasteiger partial charge in [-0.15, -0.1) is 0 Å². The number of carbonyl (C=O) groups is 1. The first-order valence-electron chi connectivity index (χ1n) is 6.37. The van der Waals surface area contributed by atoms with Crippen LogP contribution in [0, 0.1) is 0 Å². The average molecular weight is 289 g/mol. The normalized spacial score (nSPS) is 14.1. The van der Waals surface area contributed by atoms with E-state index in [1.165, 1.54) is 0 Å². The molecule has 4 heteroatoms. The summed E-state index contributed by atoms with van der Waals surface area (Å²) in [6.07, 6.45) is 0.572. The molecule has 0 saturated heterocycles. The highest BCUT2D eigenvalue weighted by Crippen LogP contribution is 2.36. The van der Waals surface area contributed by atoms with Crippen LogP contribution in [-0.2, 0) is 11.2 Å². The van der Waals surface area contributed by atoms with E-state index >= 15 is 0 Å². The van der Waals surface area contributed by atoms with Crippen molar-refractivity contribution in [2.24, 2.45) is 0 Å². The summed E-state index contributed by atoms with van der Waals surface area (Å²) < 4.78 is 10.6. The lowest BCUT2D eigenvalue weighted by Crippen LogP contribution is -2.10. The molecule has 0 aromatic heterocycles. The minimum atomic E-state index is -0.381. The highest BCUT2D eigenvalue weighted by atomic mass is 35.5. The fourth-order valence-electron chi connectivity index (χ4n) is 2.31. The van der Waals surface area contributed by atoms with Crippen molar-refractivity contribution < 1.29 is 14.3 Å². The first-order valence-corrected chi connectivity index (χ1v) is 6.74. The molecule has 2 aromatic rings. The number of fused-ring (bicyclic) bond motifs is 1. The first kappa shape index (κ1) is 13.0. The molecule has 0 fully saturated rings. The van der Waals surface area contributed by atoms with Gasteiger partial charge in [0.1, 0.15) is 0 Å². The van der Waals surface area contributed by atoms with Gasteiger partial charge >= 0.3 is 0 Å². The second-order valence-electron chi connectivity index (χ2n) is 4.66. The Morgan fingerprint density at radius 3 is 2.60 bits per heavy atom. The molecule has 0 spiro atoms. The van der Waals surface area contributed by atoms with Crippen molar-refractivity contribution in [3.63, 3.8) is 0 Å². The van der Waals surface area contributed by atoms with Crippen molar-refractivity contribution in [2.45, 2.75) is 12.3 Å². The number of benzene rings is 2. The molecule has 1 aliphatic rings. The van der Waals surface area contributed by atoms with Crippen LogP contribution < -0.4 is 9.47 Å². The fraction of sp³-hybridized carbons (Fsp3) is 0.188. The average Bonchev–Trinajstić information content (AvgIpc) is 2.93. The minimum Gasteiger partial charge on any atom is -0.454 e. The molecule has 0 saturated carbocycles. The summed E-state index contributed by atoms with van der Waals surface area (Å²) in [4.78, 5) is 11.7. The molecular weight excluding hydrogens is 276 g/mol. The summed E-state index contributed by atoms with van der Waals surface area (Å²) in [5.74, 6) is 0.987. The quantitative estimate of drug-likeness (QED) is 0.808. The van der Waals surface area contributed by atoms with Crippen molar-refractivity contribution in [1.82, 2.24) is 0 Å². The maximum absolute atomic E-state index is 11.7. The van der Waals surface area contributed by atoms with E-state index in [2.05, 4.69) is 0 Å². The second-order valence-corrected chi connectivity index (χ2v) is 5.03. The van der Waals surface area contributed by atoms with Gasteiger partial charge in [-0.05, 0) is 41.3 Å². The minimum absolute atomic E-state index is 0.219. The van der Waals surface area contributed by atoms with Gasteiger partial charge in [-0.2, -0.15) is 0 Å². The van der Waals surface area contributed by atoms with Crippen molar-refractivity contribution in [1.29, 1.82) is 0 Å². The van der Waals surface area contributed by atoms with E-state index in [1.54, 1.807) is 0 Å². The van der Waals surface area contributed by atoms with Gasteiger partial charge in [-0.1, -0.05) is 36.4 Å². The fourth-order valence-corrected chi connectivity index (χ4v) is 2.51. The molecule has 0 radical (unpaired) electrons. The van der Waals surface area contributed by atoms with Crippen LogP contribution in [0.5, 0.6) is 11.5 Å². The molecule has 1 heterocycles. The maximum atomic E-state index is 11.7. The molecular formula is C16H13ClO3. The summed E-state index contributed by atoms with van der Waals surface area (Å²) in [7, 11) is 0. The third-order valence-corrected chi connectivity index (χ3v) is 3.62. The Morgan fingerprint density at radius 2 is 1.85 bits per heavy atom. The molecule has 102 valence electrons. The topological polar surface area (TPSA) is 35.5 Å². The first-order chi connectivity index (χ1) is 9.74. The van der Waals surface area contributed by atoms with E-state index in [0.29, 0.717) is 17.9 Å². The number of ether oxygens (including phenoxy) is 2. The van der Waals surface area contributed by atoms with E-state index in [1.807, 2.05) is 48.5 Å². The number of rotatable bonds is 4. The predicted octanol–water partition coefficient (Wildman–Crippen LogP) is 3.51. The monoisotopic (exact) mass is 288 g/mol. The maximum Gasteiger partial charge on any atom is 0.231 e. The molecule has 1 atom stereocenters. The molecule has 0 amide bonds. The largest absolute Gasteiger partial charge is 0.454 e. The van der Waals surface area contributed by atoms with Crippen LogP contribution >= 0.6 is 11.6 Å². The molecule has 1 aliphatic heterocycles. The summed E-state index contributed by atoms with van der Waals surface area (Å²) in [5.41, 5.74) is 1.92. The molecule has 20 heavy (non-hydrogen) atoms. The zero-order valence-electron chi connectivity index (χ0n) is 10.7. The van der Waals surface area contributed by atoms with Gasteiger partial charge in [0.2, 0.25) is 12.0 Å². The van der Waals surface area contributed by atoms with Gasteiger partial charge in [-0.25, -0.2) is 0 Å². The van der Waals surface area contributed by atoms with E-state index in [0.717, 1.165) is 11.1 Å². The number of hydrogen-bond acceptors (Lipinski definition) is 3. The van der Waals surface area contributed by atoms with Crippen LogP contribution in [0.15, 0.2) is 48.5 Å². The molecule has 3 nitrogen and oxygen atoms in total. The van der Waals surface area contributed by atoms with E-state index in [-0.39, 0.29) is 18.0 Å². The van der Waals surface area contributed by atoms with Gasteiger partial charge < -0.3 is 9.47 Å². The highest BCUT2D eigenvalue weighted by molar-refractivity contribution is 6.64. The molecule has 0 bridgehead atoms. The third-order valence-electron chi connectivity index (χ3n) is 3.36. The Labute approximate surface area is 122 Å². The van der Waals surface area contributed by atoms with Gasteiger partial charge in [0.25, 0.3) is 0 Å². The summed E-state index contributed by atoms with van der Waals surface area (Å²) in [6.45, 7) is 0.219. The van der Waals surface area contributed by atoms with Gasteiger partial charge in [0.15, 0.2) is 11.5 Å². The second kappa shape index (κ2) is 5.55. The van der Waals surface area contributed by atoms with E-state index in [9.17, 15) is 4.79 Å². The molecule has 1 unspecified atom stereocenters. The van der Waals surface area contributed by atoms with Crippen molar-refractivity contribution >= 4 is 16.8 Å². The Bertz CT molecular complexity index is 625. The summed E-state index contributed by atoms with van der Waals surface area (Å²) in [6, 6.07) is 15.3. The van der Waals surface area contributed by atoms with Gasteiger partial charge in [0.05, 0.1) is 5.92 Å². The summed E-state index contributed by atoms with van der Waals surface area (Å²) >= 11 is 5.77. The highest BCUT2D eigenvalue weighted by Gasteiger charge is 2.22. The van der Waals surface area contributed by atoms with Crippen LogP contribution in [0.4, 0.5) is 0 Å². The van der Waals surface area contributed by atoms with Crippen molar-refractivity contribution in [2.75, 3.05) is 6.79 Å². The lowest BCUT2D eigenvalue weighted by Gasteiger charge is -2.13. The van der Waals surface area contributed by atoms with Crippen molar-refractivity contribution in [3.8, 4) is 11.5 Å². The smallest absolute Gasteiger partial charge is 0.231 e. The predicted molar refractivity (Wildman–Crippen MR) is 76.3 cm³/mol. The molecule has 2 aromatic carbocycles. The Kier molecular flexibility index (Phi) is 3.61. The standard InChI is InChI=1S/C16H13ClO3/c17-16(18)13(8-11-4-2-1-3-5-11)12-6-7-14-15(9-12)20-10-19-14/h1-7,9,13H,8,10H2. The number of carbonyl (C=O) groups excluding carboxylic acids is 1. The van der Waals surface area contributed by atoms with E-state index in [4.69, 9.17) is 21.1 Å². The van der Waals surface area contributed by atoms with Crippen LogP contribution in [0.25, 0.3) is 0 Å². The Balaban J connectivity index is 1.89. The third kappa shape index (κ3) is 2.63. The summed E-state index contributed by atoms with van der Waals surface area (Å²) in [5, 5.41) is -0.368. The Morgan fingerprint density at radius 1 is 1.10 bits per heavy atom. The lowest BCUT2D eigenvalue weighted by atomic mass is 9.93. The van der Waals surface area contributed by atoms with Crippen LogP contribution in [0.1, 0.15) is 17.0 Å². The zero-order valence-corrected chi connectivity index (χ0v) is 11.5. The SMILES string of the molecule is O=C(Cl)C(Cc1ccccc1)c1ccc2c(c1)OCO2. The molecule has 0 N–H and O–H groups in total. The number of hydrogen-bond donors (Lipinski definition) is 0. The van der Waals surface area contributed by atoms with Crippen LogP contribution in [-0.4, -0.2) is 12.0 Å². The zero-order chi connectivity index (χ0) is 13.9.